The van der Waals surface area contributed by atoms with E-state index >= 15 is 0 Å². The summed E-state index contributed by atoms with van der Waals surface area (Å²) in [4.78, 5) is 12.6. The monoisotopic (exact) mass is 312 g/mol. The van der Waals surface area contributed by atoms with Gasteiger partial charge in [0.05, 0.1) is 14.2 Å². The molecule has 0 saturated heterocycles. The molecule has 1 aliphatic rings. The highest BCUT2D eigenvalue weighted by molar-refractivity contribution is 6.11. The second kappa shape index (κ2) is 6.44. The lowest BCUT2D eigenvalue weighted by Gasteiger charge is -2.13. The summed E-state index contributed by atoms with van der Waals surface area (Å²) >= 11 is 0. The molecule has 0 unspecified atom stereocenters. The van der Waals surface area contributed by atoms with Gasteiger partial charge in [0.1, 0.15) is 11.3 Å². The van der Waals surface area contributed by atoms with Gasteiger partial charge < -0.3 is 18.9 Å². The Kier molecular flexibility index (Phi) is 4.19. The van der Waals surface area contributed by atoms with Crippen LogP contribution in [0.25, 0.3) is 6.08 Å². The van der Waals surface area contributed by atoms with Crippen LogP contribution < -0.4 is 18.9 Å². The Bertz CT molecular complexity index is 750. The molecule has 0 atom stereocenters. The average Bonchev–Trinajstić information content (AvgIpc) is 3.07. The van der Waals surface area contributed by atoms with Gasteiger partial charge in [-0.05, 0) is 11.6 Å². The number of benzene rings is 2. The molecule has 0 amide bonds. The van der Waals surface area contributed by atoms with Crippen molar-refractivity contribution in [3.63, 3.8) is 0 Å². The number of ketones is 1. The molecule has 0 fully saturated rings. The first-order chi connectivity index (χ1) is 11.2. The van der Waals surface area contributed by atoms with Crippen molar-refractivity contribution in [2.45, 2.75) is 0 Å². The Labute approximate surface area is 134 Å². The third-order valence-electron chi connectivity index (χ3n) is 3.48. The zero-order valence-electron chi connectivity index (χ0n) is 12.9. The topological polar surface area (TPSA) is 54.0 Å². The van der Waals surface area contributed by atoms with Crippen molar-refractivity contribution in [1.29, 1.82) is 0 Å². The number of carbonyl (C=O) groups excluding carboxylic acids is 1. The predicted molar refractivity (Wildman–Crippen MR) is 85.5 cm³/mol. The molecule has 0 aliphatic carbocycles. The van der Waals surface area contributed by atoms with Crippen LogP contribution in [0.3, 0.4) is 0 Å². The lowest BCUT2D eigenvalue weighted by Crippen LogP contribution is -2.03. The molecule has 1 heterocycles. The predicted octanol–water partition coefficient (Wildman–Crippen LogP) is 3.33. The third kappa shape index (κ3) is 2.85. The van der Waals surface area contributed by atoms with E-state index in [4.69, 9.17) is 18.9 Å². The Morgan fingerprint density at radius 3 is 2.61 bits per heavy atom. The summed E-state index contributed by atoms with van der Waals surface area (Å²) in [6.45, 7) is 0.0896. The quantitative estimate of drug-likeness (QED) is 0.626. The number of allylic oxidation sites excluding steroid dienone is 1. The minimum Gasteiger partial charge on any atom is -0.496 e. The van der Waals surface area contributed by atoms with Crippen LogP contribution >= 0.6 is 0 Å². The van der Waals surface area contributed by atoms with E-state index in [1.807, 2.05) is 30.3 Å². The van der Waals surface area contributed by atoms with E-state index in [9.17, 15) is 4.79 Å². The number of ether oxygens (including phenoxy) is 4. The van der Waals surface area contributed by atoms with Crippen LogP contribution in [0.4, 0.5) is 0 Å². The zero-order chi connectivity index (χ0) is 16.2. The fourth-order valence-electron chi connectivity index (χ4n) is 2.40. The molecule has 5 heteroatoms. The van der Waals surface area contributed by atoms with Crippen LogP contribution in [0, 0.1) is 0 Å². The van der Waals surface area contributed by atoms with Crippen molar-refractivity contribution >= 4 is 11.9 Å². The minimum absolute atomic E-state index is 0.0896. The minimum atomic E-state index is -0.235. The lowest BCUT2D eigenvalue weighted by molar-refractivity contribution is 0.104. The van der Waals surface area contributed by atoms with Crippen molar-refractivity contribution in [1.82, 2.24) is 0 Å². The molecule has 23 heavy (non-hydrogen) atoms. The fraction of sp³-hybridized carbons (Fsp3) is 0.167. The van der Waals surface area contributed by atoms with Crippen LogP contribution in [0.2, 0.25) is 0 Å². The summed E-state index contributed by atoms with van der Waals surface area (Å²) < 4.78 is 21.4. The first-order valence-electron chi connectivity index (χ1n) is 7.06. The number of rotatable bonds is 5. The Morgan fingerprint density at radius 1 is 1.13 bits per heavy atom. The molecule has 2 aromatic rings. The van der Waals surface area contributed by atoms with E-state index in [1.54, 1.807) is 12.1 Å². The summed E-state index contributed by atoms with van der Waals surface area (Å²) in [5, 5.41) is 0. The van der Waals surface area contributed by atoms with E-state index < -0.39 is 0 Å². The van der Waals surface area contributed by atoms with Gasteiger partial charge in [0.25, 0.3) is 0 Å². The van der Waals surface area contributed by atoms with Gasteiger partial charge in [0.15, 0.2) is 17.3 Å². The van der Waals surface area contributed by atoms with Crippen molar-refractivity contribution in [3.05, 3.63) is 53.6 Å². The van der Waals surface area contributed by atoms with E-state index in [1.165, 1.54) is 20.3 Å². The SMILES string of the molecule is COc1cc2c(c(OC)c1C(=O)C=Cc1ccccc1)OCO2. The number of hydrogen-bond donors (Lipinski definition) is 0. The smallest absolute Gasteiger partial charge is 0.231 e. The van der Waals surface area contributed by atoms with Crippen LogP contribution in [0.1, 0.15) is 15.9 Å². The maximum absolute atomic E-state index is 12.6. The third-order valence-corrected chi connectivity index (χ3v) is 3.48. The molecule has 0 bridgehead atoms. The van der Waals surface area contributed by atoms with E-state index in [0.717, 1.165) is 5.56 Å². The largest absolute Gasteiger partial charge is 0.496 e. The fourth-order valence-corrected chi connectivity index (χ4v) is 2.40. The van der Waals surface area contributed by atoms with Gasteiger partial charge in [-0.1, -0.05) is 36.4 Å². The first-order valence-corrected chi connectivity index (χ1v) is 7.06. The van der Waals surface area contributed by atoms with Crippen LogP contribution in [0.5, 0.6) is 23.0 Å². The summed E-state index contributed by atoms with van der Waals surface area (Å²) in [6, 6.07) is 11.2. The van der Waals surface area contributed by atoms with E-state index in [2.05, 4.69) is 0 Å². The van der Waals surface area contributed by atoms with Crippen molar-refractivity contribution in [2.24, 2.45) is 0 Å². The van der Waals surface area contributed by atoms with Crippen molar-refractivity contribution in [2.75, 3.05) is 21.0 Å². The molecule has 0 aromatic heterocycles. The molecule has 118 valence electrons. The highest BCUT2D eigenvalue weighted by atomic mass is 16.7. The van der Waals surface area contributed by atoms with Gasteiger partial charge in [0.2, 0.25) is 12.5 Å². The van der Waals surface area contributed by atoms with Crippen LogP contribution in [0.15, 0.2) is 42.5 Å². The highest BCUT2D eigenvalue weighted by Crippen LogP contribution is 2.47. The van der Waals surface area contributed by atoms with Crippen LogP contribution in [-0.4, -0.2) is 26.8 Å². The van der Waals surface area contributed by atoms with Crippen LogP contribution in [-0.2, 0) is 0 Å². The number of hydrogen-bond acceptors (Lipinski definition) is 5. The number of methoxy groups -OCH3 is 2. The molecular weight excluding hydrogens is 296 g/mol. The molecule has 0 saturated carbocycles. The van der Waals surface area contributed by atoms with Crippen molar-refractivity contribution < 1.29 is 23.7 Å². The van der Waals surface area contributed by atoms with E-state index in [-0.39, 0.29) is 12.6 Å². The lowest BCUT2D eigenvalue weighted by atomic mass is 10.1. The molecule has 1 aliphatic heterocycles. The average molecular weight is 312 g/mol. The van der Waals surface area contributed by atoms with Gasteiger partial charge in [-0.2, -0.15) is 0 Å². The second-order valence-corrected chi connectivity index (χ2v) is 4.83. The highest BCUT2D eigenvalue weighted by Gasteiger charge is 2.28. The summed E-state index contributed by atoms with van der Waals surface area (Å²) in [6.07, 6.45) is 3.23. The van der Waals surface area contributed by atoms with Gasteiger partial charge >= 0.3 is 0 Å². The molecular formula is C18H16O5. The normalized spacial score (nSPS) is 12.4. The molecule has 0 radical (unpaired) electrons. The van der Waals surface area contributed by atoms with Gasteiger partial charge in [-0.3, -0.25) is 4.79 Å². The molecule has 5 nitrogen and oxygen atoms in total. The van der Waals surface area contributed by atoms with Gasteiger partial charge in [-0.25, -0.2) is 0 Å². The number of fused-ring (bicyclic) bond motifs is 1. The summed E-state index contributed by atoms with van der Waals surface area (Å²) in [5.41, 5.74) is 1.24. The van der Waals surface area contributed by atoms with Gasteiger partial charge in [0, 0.05) is 6.07 Å². The summed E-state index contributed by atoms with van der Waals surface area (Å²) in [7, 11) is 2.98. The first kappa shape index (κ1) is 15.0. The summed E-state index contributed by atoms with van der Waals surface area (Å²) in [5.74, 6) is 1.39. The second-order valence-electron chi connectivity index (χ2n) is 4.83. The Balaban J connectivity index is 2.01. The maximum atomic E-state index is 12.6. The molecule has 0 N–H and O–H groups in total. The molecule has 0 spiro atoms. The standard InChI is InChI=1S/C18H16O5/c1-20-14-10-15-17(23-11-22-15)18(21-2)16(14)13(19)9-8-12-6-4-3-5-7-12/h3-10H,11H2,1-2H3. The van der Waals surface area contributed by atoms with E-state index in [0.29, 0.717) is 28.6 Å². The Hall–Kier alpha value is -2.95. The Morgan fingerprint density at radius 2 is 1.91 bits per heavy atom. The van der Waals surface area contributed by atoms with Crippen molar-refractivity contribution in [3.8, 4) is 23.0 Å². The molecule has 2 aromatic carbocycles. The number of carbonyl (C=O) groups is 1. The molecule has 3 rings (SSSR count). The van der Waals surface area contributed by atoms with Gasteiger partial charge in [-0.15, -0.1) is 0 Å². The maximum Gasteiger partial charge on any atom is 0.231 e. The zero-order valence-corrected chi connectivity index (χ0v) is 12.9.